The number of hydrogen-bond donors (Lipinski definition) is 1. The Morgan fingerprint density at radius 2 is 1.79 bits per heavy atom. The number of nitrogens with two attached hydrogens (primary N) is 1. The van der Waals surface area contributed by atoms with Crippen LogP contribution in [-0.2, 0) is 4.79 Å². The number of nitrogens with zero attached hydrogens (tertiary/aromatic N) is 2. The lowest BCUT2D eigenvalue weighted by molar-refractivity contribution is -0.117. The fraction of sp³-hybridized carbons (Fsp3) is 0.267. The van der Waals surface area contributed by atoms with Crippen molar-refractivity contribution in [1.29, 1.82) is 0 Å². The first-order valence-electron chi connectivity index (χ1n) is 6.52. The van der Waals surface area contributed by atoms with Gasteiger partial charge in [-0.05, 0) is 36.7 Å². The molecule has 4 heteroatoms. The van der Waals surface area contributed by atoms with Crippen LogP contribution in [0.1, 0.15) is 6.42 Å². The first kappa shape index (κ1) is 12.0. The minimum absolute atomic E-state index is 0.162. The predicted octanol–water partition coefficient (Wildman–Crippen LogP) is 1.79. The maximum atomic E-state index is 12.1. The van der Waals surface area contributed by atoms with Crippen LogP contribution in [0.15, 0.2) is 48.8 Å². The van der Waals surface area contributed by atoms with Gasteiger partial charge in [0.05, 0.1) is 11.4 Å². The lowest BCUT2D eigenvalue weighted by Crippen LogP contribution is -2.26. The number of para-hydroxylation sites is 2. The number of carbonyl (C=O) groups excluding carboxylic acids is 1. The van der Waals surface area contributed by atoms with Gasteiger partial charge in [-0.15, -0.1) is 0 Å². The lowest BCUT2D eigenvalue weighted by atomic mass is 10.1. The van der Waals surface area contributed by atoms with E-state index in [0.29, 0.717) is 19.5 Å². The highest BCUT2D eigenvalue weighted by Crippen LogP contribution is 2.29. The maximum Gasteiger partial charge on any atom is 0.227 e. The van der Waals surface area contributed by atoms with E-state index in [9.17, 15) is 4.79 Å². The Morgan fingerprint density at radius 3 is 2.42 bits per heavy atom. The third-order valence-electron chi connectivity index (χ3n) is 3.59. The third kappa shape index (κ3) is 2.15. The average molecular weight is 255 g/mol. The zero-order chi connectivity index (χ0) is 13.2. The van der Waals surface area contributed by atoms with Gasteiger partial charge in [-0.25, -0.2) is 0 Å². The molecule has 2 N–H and O–H groups in total. The monoisotopic (exact) mass is 255 g/mol. The van der Waals surface area contributed by atoms with Gasteiger partial charge in [0.2, 0.25) is 5.91 Å². The van der Waals surface area contributed by atoms with Crippen molar-refractivity contribution in [3.63, 3.8) is 0 Å². The topological polar surface area (TPSA) is 51.3 Å². The normalized spacial score (nSPS) is 19.1. The highest BCUT2D eigenvalue weighted by Gasteiger charge is 2.30. The highest BCUT2D eigenvalue weighted by atomic mass is 16.2. The number of hydrogen-bond acceptors (Lipinski definition) is 2. The van der Waals surface area contributed by atoms with Crippen molar-refractivity contribution < 1.29 is 4.79 Å². The van der Waals surface area contributed by atoms with E-state index in [4.69, 9.17) is 5.73 Å². The summed E-state index contributed by atoms with van der Waals surface area (Å²) < 4.78 is 2.03. The molecule has 1 unspecified atom stereocenters. The molecule has 1 aromatic heterocycles. The molecule has 2 aromatic rings. The van der Waals surface area contributed by atoms with Crippen LogP contribution in [0.4, 0.5) is 5.69 Å². The molecule has 1 aromatic carbocycles. The molecule has 98 valence electrons. The highest BCUT2D eigenvalue weighted by molar-refractivity contribution is 5.97. The van der Waals surface area contributed by atoms with Gasteiger partial charge in [0.15, 0.2) is 0 Å². The van der Waals surface area contributed by atoms with Crippen LogP contribution >= 0.6 is 0 Å². The van der Waals surface area contributed by atoms with Gasteiger partial charge in [0.1, 0.15) is 0 Å². The zero-order valence-electron chi connectivity index (χ0n) is 10.7. The number of carbonyl (C=O) groups is 1. The molecular weight excluding hydrogens is 238 g/mol. The largest absolute Gasteiger partial charge is 0.330 e. The second-order valence-corrected chi connectivity index (χ2v) is 4.89. The maximum absolute atomic E-state index is 12.1. The van der Waals surface area contributed by atoms with Crippen molar-refractivity contribution in [3.05, 3.63) is 48.8 Å². The molecule has 0 radical (unpaired) electrons. The summed E-state index contributed by atoms with van der Waals surface area (Å²) in [4.78, 5) is 14.0. The van der Waals surface area contributed by atoms with E-state index in [0.717, 1.165) is 11.4 Å². The SMILES string of the molecule is NCC1CC(=O)N(c2ccccc2-n2cccc2)C1. The van der Waals surface area contributed by atoms with E-state index in [1.54, 1.807) is 0 Å². The summed E-state index contributed by atoms with van der Waals surface area (Å²) >= 11 is 0. The van der Waals surface area contributed by atoms with Crippen LogP contribution in [0.5, 0.6) is 0 Å². The Hall–Kier alpha value is -2.07. The number of benzene rings is 1. The number of amides is 1. The van der Waals surface area contributed by atoms with E-state index in [1.807, 2.05) is 58.3 Å². The minimum atomic E-state index is 0.162. The summed E-state index contributed by atoms with van der Waals surface area (Å²) in [6.45, 7) is 1.28. The third-order valence-corrected chi connectivity index (χ3v) is 3.59. The fourth-order valence-corrected chi connectivity index (χ4v) is 2.58. The Bertz CT molecular complexity index is 577. The molecule has 1 fully saturated rings. The molecule has 1 aliphatic rings. The van der Waals surface area contributed by atoms with Gasteiger partial charge in [0, 0.05) is 25.4 Å². The lowest BCUT2D eigenvalue weighted by Gasteiger charge is -2.20. The molecule has 2 heterocycles. The second kappa shape index (κ2) is 4.90. The van der Waals surface area contributed by atoms with Crippen LogP contribution in [0.3, 0.4) is 0 Å². The molecular formula is C15H17N3O. The Kier molecular flexibility index (Phi) is 3.09. The van der Waals surface area contributed by atoms with E-state index in [2.05, 4.69) is 0 Å². The van der Waals surface area contributed by atoms with E-state index in [-0.39, 0.29) is 11.8 Å². The van der Waals surface area contributed by atoms with Crippen LogP contribution in [0, 0.1) is 5.92 Å². The molecule has 3 rings (SSSR count). The van der Waals surface area contributed by atoms with Crippen molar-refractivity contribution >= 4 is 11.6 Å². The summed E-state index contributed by atoms with van der Waals surface area (Å²) in [5.41, 5.74) is 7.67. The Labute approximate surface area is 112 Å². The minimum Gasteiger partial charge on any atom is -0.330 e. The molecule has 0 aliphatic carbocycles. The second-order valence-electron chi connectivity index (χ2n) is 4.89. The van der Waals surface area contributed by atoms with Crippen molar-refractivity contribution in [3.8, 4) is 5.69 Å². The van der Waals surface area contributed by atoms with Crippen LogP contribution in [0.25, 0.3) is 5.69 Å². The fourth-order valence-electron chi connectivity index (χ4n) is 2.58. The van der Waals surface area contributed by atoms with Crippen molar-refractivity contribution in [2.24, 2.45) is 11.7 Å². The zero-order valence-corrected chi connectivity index (χ0v) is 10.7. The van der Waals surface area contributed by atoms with E-state index in [1.165, 1.54) is 0 Å². The molecule has 1 atom stereocenters. The number of anilines is 1. The first-order chi connectivity index (χ1) is 9.29. The smallest absolute Gasteiger partial charge is 0.227 e. The Balaban J connectivity index is 2.00. The van der Waals surface area contributed by atoms with Crippen LogP contribution < -0.4 is 10.6 Å². The molecule has 0 bridgehead atoms. The van der Waals surface area contributed by atoms with Crippen LogP contribution in [-0.4, -0.2) is 23.6 Å². The van der Waals surface area contributed by atoms with E-state index >= 15 is 0 Å². The summed E-state index contributed by atoms with van der Waals surface area (Å²) in [5, 5.41) is 0. The predicted molar refractivity (Wildman–Crippen MR) is 75.3 cm³/mol. The summed E-state index contributed by atoms with van der Waals surface area (Å²) in [6, 6.07) is 11.9. The molecule has 0 spiro atoms. The quantitative estimate of drug-likeness (QED) is 0.909. The van der Waals surface area contributed by atoms with E-state index < -0.39 is 0 Å². The summed E-state index contributed by atoms with van der Waals surface area (Å²) in [6.07, 6.45) is 4.52. The molecule has 19 heavy (non-hydrogen) atoms. The summed E-state index contributed by atoms with van der Waals surface area (Å²) in [7, 11) is 0. The standard InChI is InChI=1S/C15H17N3O/c16-10-12-9-15(19)18(11-12)14-6-2-1-5-13(14)17-7-3-4-8-17/h1-8,12H,9-11,16H2. The van der Waals surface area contributed by atoms with Crippen molar-refractivity contribution in [2.45, 2.75) is 6.42 Å². The van der Waals surface area contributed by atoms with Crippen molar-refractivity contribution in [2.75, 3.05) is 18.0 Å². The van der Waals surface area contributed by atoms with Gasteiger partial charge in [-0.1, -0.05) is 12.1 Å². The first-order valence-corrected chi connectivity index (χ1v) is 6.52. The van der Waals surface area contributed by atoms with Gasteiger partial charge in [0.25, 0.3) is 0 Å². The van der Waals surface area contributed by atoms with Gasteiger partial charge in [-0.3, -0.25) is 4.79 Å². The van der Waals surface area contributed by atoms with Gasteiger partial charge in [-0.2, -0.15) is 0 Å². The molecule has 1 amide bonds. The summed E-state index contributed by atoms with van der Waals surface area (Å²) in [5.74, 6) is 0.431. The molecule has 1 saturated heterocycles. The van der Waals surface area contributed by atoms with Crippen molar-refractivity contribution in [1.82, 2.24) is 4.57 Å². The molecule has 1 aliphatic heterocycles. The number of aromatic nitrogens is 1. The molecule has 4 nitrogen and oxygen atoms in total. The Morgan fingerprint density at radius 1 is 1.11 bits per heavy atom. The van der Waals surface area contributed by atoms with Crippen LogP contribution in [0.2, 0.25) is 0 Å². The van der Waals surface area contributed by atoms with Gasteiger partial charge >= 0.3 is 0 Å². The molecule has 0 saturated carbocycles. The van der Waals surface area contributed by atoms with Gasteiger partial charge < -0.3 is 15.2 Å². The average Bonchev–Trinajstić information content (AvgIpc) is 3.08. The number of rotatable bonds is 3.